The van der Waals surface area contributed by atoms with Gasteiger partial charge in [-0.25, -0.2) is 8.42 Å². The van der Waals surface area contributed by atoms with Crippen LogP contribution in [-0.2, 0) is 10.1 Å². The van der Waals surface area contributed by atoms with Gasteiger partial charge in [0.1, 0.15) is 0 Å². The molecule has 0 saturated heterocycles. The van der Waals surface area contributed by atoms with E-state index >= 15 is 0 Å². The van der Waals surface area contributed by atoms with Crippen LogP contribution in [0.15, 0.2) is 0 Å². The summed E-state index contributed by atoms with van der Waals surface area (Å²) in [6.07, 6.45) is 18.1. The first-order valence-corrected chi connectivity index (χ1v) is 12.5. The zero-order chi connectivity index (χ0) is 19.7. The van der Waals surface area contributed by atoms with Crippen LogP contribution >= 0.6 is 0 Å². The smallest absolute Gasteiger partial charge is 0.748 e. The van der Waals surface area contributed by atoms with Crippen LogP contribution in [0.25, 0.3) is 0 Å². The summed E-state index contributed by atoms with van der Waals surface area (Å²) in [4.78, 5) is 0. The van der Waals surface area contributed by atoms with Crippen molar-refractivity contribution in [2.75, 3.05) is 0 Å². The van der Waals surface area contributed by atoms with Gasteiger partial charge in [0, 0.05) is 5.25 Å². The first-order valence-electron chi connectivity index (χ1n) is 11.0. The average molecular weight is 431 g/mol. The van der Waals surface area contributed by atoms with Crippen LogP contribution in [0.3, 0.4) is 0 Å². The van der Waals surface area contributed by atoms with Gasteiger partial charge in [-0.05, 0) is 26.2 Å². The minimum Gasteiger partial charge on any atom is -0.748 e. The molecule has 6 heteroatoms. The second-order valence-corrected chi connectivity index (χ2v) is 9.58. The predicted octanol–water partition coefficient (Wildman–Crippen LogP) is 2.94. The molecule has 0 aliphatic heterocycles. The fraction of sp³-hybridized carbons (Fsp3) is 1.00. The van der Waals surface area contributed by atoms with Crippen molar-refractivity contribution in [3.8, 4) is 0 Å². The van der Waals surface area contributed by atoms with E-state index in [1.807, 2.05) is 13.8 Å². The van der Waals surface area contributed by atoms with Crippen molar-refractivity contribution in [3.63, 3.8) is 0 Å². The molecule has 158 valence electrons. The van der Waals surface area contributed by atoms with Crippen LogP contribution < -0.4 is 51.4 Å². The van der Waals surface area contributed by atoms with Crippen LogP contribution in [0.4, 0.5) is 0 Å². The summed E-state index contributed by atoms with van der Waals surface area (Å²) in [6.45, 7) is 3.88. The van der Waals surface area contributed by atoms with Gasteiger partial charge < -0.3 is 9.66 Å². The molecular formula is C21H43KO4S. The van der Waals surface area contributed by atoms with Gasteiger partial charge >= 0.3 is 51.4 Å². The standard InChI is InChI=1S/C21H44O4S.K/c1-3-4-18-21(26(23,24)25)19-16-14-12-10-8-6-5-7-9-11-13-15-17-20(2)22;/h20-22H,3-19H2,1-2H3,(H,23,24,25);/q;+1/p-1. The zero-order valence-electron chi connectivity index (χ0n) is 18.3. The van der Waals surface area contributed by atoms with Crippen LogP contribution in [0.5, 0.6) is 0 Å². The summed E-state index contributed by atoms with van der Waals surface area (Å²) in [7, 11) is -4.12. The molecule has 0 aromatic heterocycles. The second kappa shape index (κ2) is 20.8. The molecule has 0 spiro atoms. The van der Waals surface area contributed by atoms with E-state index in [0.29, 0.717) is 12.8 Å². The maximum absolute atomic E-state index is 11.2. The van der Waals surface area contributed by atoms with E-state index in [9.17, 15) is 18.1 Å². The molecule has 0 fully saturated rings. The Kier molecular flexibility index (Phi) is 23.6. The van der Waals surface area contributed by atoms with E-state index in [1.54, 1.807) is 0 Å². The van der Waals surface area contributed by atoms with Gasteiger partial charge in [-0.1, -0.05) is 96.8 Å². The third-order valence-corrected chi connectivity index (χ3v) is 6.47. The predicted molar refractivity (Wildman–Crippen MR) is 109 cm³/mol. The third-order valence-electron chi connectivity index (χ3n) is 5.19. The SMILES string of the molecule is CCCCC(CCCCCCCCCCCCCCC(C)O)S(=O)(=O)[O-].[K+]. The van der Waals surface area contributed by atoms with Gasteiger partial charge in [-0.3, -0.25) is 0 Å². The Morgan fingerprint density at radius 2 is 1.04 bits per heavy atom. The fourth-order valence-electron chi connectivity index (χ4n) is 3.44. The molecule has 2 unspecified atom stereocenters. The molecule has 0 aromatic rings. The van der Waals surface area contributed by atoms with E-state index in [1.165, 1.54) is 51.4 Å². The van der Waals surface area contributed by atoms with Gasteiger partial charge in [-0.2, -0.15) is 0 Å². The number of hydrogen-bond donors (Lipinski definition) is 1. The van der Waals surface area contributed by atoms with E-state index < -0.39 is 15.4 Å². The maximum Gasteiger partial charge on any atom is 1.00 e. The van der Waals surface area contributed by atoms with E-state index in [4.69, 9.17) is 0 Å². The molecule has 0 aliphatic carbocycles. The largest absolute Gasteiger partial charge is 1.00 e. The molecular weight excluding hydrogens is 387 g/mol. The van der Waals surface area contributed by atoms with Crippen molar-refractivity contribution in [1.82, 2.24) is 0 Å². The molecule has 4 nitrogen and oxygen atoms in total. The van der Waals surface area contributed by atoms with Crippen LogP contribution in [0, 0.1) is 0 Å². The Hall–Kier alpha value is 1.51. The zero-order valence-corrected chi connectivity index (χ0v) is 22.2. The summed E-state index contributed by atoms with van der Waals surface area (Å²) < 4.78 is 33.7. The molecule has 0 rings (SSSR count). The van der Waals surface area contributed by atoms with Crippen molar-refractivity contribution >= 4 is 10.1 Å². The van der Waals surface area contributed by atoms with E-state index in [2.05, 4.69) is 0 Å². The van der Waals surface area contributed by atoms with Crippen molar-refractivity contribution < 1.29 is 69.5 Å². The third kappa shape index (κ3) is 22.0. The fourth-order valence-corrected chi connectivity index (χ4v) is 4.36. The van der Waals surface area contributed by atoms with Gasteiger partial charge in [0.05, 0.1) is 16.2 Å². The van der Waals surface area contributed by atoms with Crippen LogP contribution in [0.2, 0.25) is 0 Å². The number of hydrogen-bond acceptors (Lipinski definition) is 4. The molecule has 0 radical (unpaired) electrons. The summed E-state index contributed by atoms with van der Waals surface area (Å²) in [5.74, 6) is 0. The Morgan fingerprint density at radius 1 is 0.704 bits per heavy atom. The molecule has 0 heterocycles. The average Bonchev–Trinajstić information content (AvgIpc) is 2.56. The quantitative estimate of drug-likeness (QED) is 0.194. The first kappa shape index (κ1) is 30.7. The van der Waals surface area contributed by atoms with Crippen molar-refractivity contribution in [1.29, 1.82) is 0 Å². The summed E-state index contributed by atoms with van der Waals surface area (Å²) >= 11 is 0. The number of aliphatic hydroxyl groups excluding tert-OH is 1. The van der Waals surface area contributed by atoms with Gasteiger partial charge in [0.15, 0.2) is 0 Å². The summed E-state index contributed by atoms with van der Waals surface area (Å²) in [5, 5.41) is 8.52. The van der Waals surface area contributed by atoms with Gasteiger partial charge in [-0.15, -0.1) is 0 Å². The molecule has 1 N–H and O–H groups in total. The maximum atomic E-state index is 11.2. The Balaban J connectivity index is 0. The number of unbranched alkanes of at least 4 members (excludes halogenated alkanes) is 12. The Bertz CT molecular complexity index is 399. The van der Waals surface area contributed by atoms with Gasteiger partial charge in [0.2, 0.25) is 0 Å². The Labute approximate surface area is 211 Å². The topological polar surface area (TPSA) is 77.4 Å². The monoisotopic (exact) mass is 430 g/mol. The normalized spacial score (nSPS) is 13.9. The minimum absolute atomic E-state index is 0. The number of aliphatic hydroxyl groups is 1. The minimum atomic E-state index is -4.12. The molecule has 0 bridgehead atoms. The second-order valence-electron chi connectivity index (χ2n) is 7.93. The molecule has 0 amide bonds. The van der Waals surface area contributed by atoms with E-state index in [0.717, 1.165) is 44.9 Å². The number of rotatable bonds is 19. The van der Waals surface area contributed by atoms with Crippen LogP contribution in [0.1, 0.15) is 123 Å². The summed E-state index contributed by atoms with van der Waals surface area (Å²) in [5.41, 5.74) is 0. The van der Waals surface area contributed by atoms with Gasteiger partial charge in [0.25, 0.3) is 0 Å². The van der Waals surface area contributed by atoms with Crippen LogP contribution in [-0.4, -0.2) is 29.4 Å². The molecule has 0 aliphatic rings. The van der Waals surface area contributed by atoms with E-state index in [-0.39, 0.29) is 57.5 Å². The van der Waals surface area contributed by atoms with Crippen molar-refractivity contribution in [2.24, 2.45) is 0 Å². The molecule has 0 aromatic carbocycles. The van der Waals surface area contributed by atoms with Crippen molar-refractivity contribution in [2.45, 2.75) is 134 Å². The Morgan fingerprint density at radius 3 is 1.37 bits per heavy atom. The molecule has 0 saturated carbocycles. The molecule has 2 atom stereocenters. The summed E-state index contributed by atoms with van der Waals surface area (Å²) in [6, 6.07) is 0. The molecule has 27 heavy (non-hydrogen) atoms. The van der Waals surface area contributed by atoms with Crippen molar-refractivity contribution in [3.05, 3.63) is 0 Å². The first-order chi connectivity index (χ1) is 12.4.